The maximum atomic E-state index is 11.9. The van der Waals surface area contributed by atoms with Gasteiger partial charge in [0.1, 0.15) is 18.7 Å². The van der Waals surface area contributed by atoms with Crippen molar-refractivity contribution in [1.29, 1.82) is 0 Å². The Kier molecular flexibility index (Phi) is 5.47. The lowest BCUT2D eigenvalue weighted by atomic mass is 10.1. The van der Waals surface area contributed by atoms with Crippen LogP contribution in [0.3, 0.4) is 0 Å². The van der Waals surface area contributed by atoms with Gasteiger partial charge in [0.05, 0.1) is 7.11 Å². The lowest BCUT2D eigenvalue weighted by Crippen LogP contribution is -2.32. The number of methoxy groups -OCH3 is 1. The van der Waals surface area contributed by atoms with E-state index in [-0.39, 0.29) is 5.92 Å². The van der Waals surface area contributed by atoms with Gasteiger partial charge in [-0.1, -0.05) is 13.8 Å². The quantitative estimate of drug-likeness (QED) is 0.715. The molecule has 0 amide bonds. The molecular formula is C12H19N3O4. The molecule has 106 valence electrons. The number of aromatic nitrogens is 3. The lowest BCUT2D eigenvalue weighted by Gasteiger charge is -2.19. The van der Waals surface area contributed by atoms with Crippen molar-refractivity contribution in [3.05, 3.63) is 12.7 Å². The summed E-state index contributed by atoms with van der Waals surface area (Å²) in [5, 5.41) is 3.86. The Morgan fingerprint density at radius 1 is 1.26 bits per heavy atom. The third kappa shape index (κ3) is 4.35. The van der Waals surface area contributed by atoms with E-state index in [1.807, 2.05) is 13.8 Å². The van der Waals surface area contributed by atoms with Crippen molar-refractivity contribution in [1.82, 2.24) is 14.8 Å². The highest BCUT2D eigenvalue weighted by molar-refractivity contribution is 5.80. The SMILES string of the molecule is COC(=O)[C@H](CC(C)C)OC(=O)[C@@H](C)n1cncn1. The summed E-state index contributed by atoms with van der Waals surface area (Å²) >= 11 is 0. The minimum absolute atomic E-state index is 0.207. The van der Waals surface area contributed by atoms with Crippen molar-refractivity contribution in [2.45, 2.75) is 39.3 Å². The number of carbonyl (C=O) groups is 2. The molecule has 0 fully saturated rings. The van der Waals surface area contributed by atoms with Crippen molar-refractivity contribution in [2.24, 2.45) is 5.92 Å². The number of carbonyl (C=O) groups excluding carboxylic acids is 2. The van der Waals surface area contributed by atoms with Crippen LogP contribution in [0.5, 0.6) is 0 Å². The predicted molar refractivity (Wildman–Crippen MR) is 66.1 cm³/mol. The molecule has 0 N–H and O–H groups in total. The Labute approximate surface area is 111 Å². The fourth-order valence-electron chi connectivity index (χ4n) is 1.52. The molecule has 7 nitrogen and oxygen atoms in total. The van der Waals surface area contributed by atoms with Crippen LogP contribution in [0, 0.1) is 5.92 Å². The molecule has 0 radical (unpaired) electrons. The van der Waals surface area contributed by atoms with Crippen LogP contribution in [0.4, 0.5) is 0 Å². The zero-order valence-electron chi connectivity index (χ0n) is 11.6. The summed E-state index contributed by atoms with van der Waals surface area (Å²) in [5.41, 5.74) is 0. The first-order chi connectivity index (χ1) is 8.95. The van der Waals surface area contributed by atoms with Gasteiger partial charge in [-0.2, -0.15) is 5.10 Å². The average molecular weight is 269 g/mol. The third-order valence-electron chi connectivity index (χ3n) is 2.58. The van der Waals surface area contributed by atoms with Crippen molar-refractivity contribution < 1.29 is 19.1 Å². The molecule has 0 aliphatic heterocycles. The van der Waals surface area contributed by atoms with Gasteiger partial charge in [0.25, 0.3) is 0 Å². The van der Waals surface area contributed by atoms with E-state index in [2.05, 4.69) is 14.8 Å². The minimum atomic E-state index is -0.886. The van der Waals surface area contributed by atoms with Crippen LogP contribution in [-0.4, -0.2) is 39.9 Å². The number of hydrogen-bond acceptors (Lipinski definition) is 6. The first kappa shape index (κ1) is 15.1. The van der Waals surface area contributed by atoms with Gasteiger partial charge in [-0.15, -0.1) is 0 Å². The third-order valence-corrected chi connectivity index (χ3v) is 2.58. The monoisotopic (exact) mass is 269 g/mol. The van der Waals surface area contributed by atoms with Crippen molar-refractivity contribution in [2.75, 3.05) is 7.11 Å². The van der Waals surface area contributed by atoms with Crippen molar-refractivity contribution >= 4 is 11.9 Å². The van der Waals surface area contributed by atoms with Gasteiger partial charge < -0.3 is 9.47 Å². The predicted octanol–water partition coefficient (Wildman–Crippen LogP) is 0.970. The number of rotatable bonds is 6. The Morgan fingerprint density at radius 2 is 1.95 bits per heavy atom. The number of hydrogen-bond donors (Lipinski definition) is 0. The van der Waals surface area contributed by atoms with Gasteiger partial charge in [0, 0.05) is 0 Å². The highest BCUT2D eigenvalue weighted by atomic mass is 16.6. The second-order valence-corrected chi connectivity index (χ2v) is 4.63. The van der Waals surface area contributed by atoms with Gasteiger partial charge >= 0.3 is 11.9 Å². The van der Waals surface area contributed by atoms with Gasteiger partial charge in [-0.3, -0.25) is 0 Å². The molecule has 1 aromatic heterocycles. The standard InChI is InChI=1S/C12H19N3O4/c1-8(2)5-10(12(17)18-4)19-11(16)9(3)15-7-13-6-14-15/h6-10H,5H2,1-4H3/t9-,10+/m1/s1. The van der Waals surface area contributed by atoms with Crippen LogP contribution in [0.2, 0.25) is 0 Å². The largest absolute Gasteiger partial charge is 0.466 e. The molecule has 0 bridgehead atoms. The number of ether oxygens (including phenoxy) is 2. The molecule has 0 spiro atoms. The second-order valence-electron chi connectivity index (χ2n) is 4.63. The van der Waals surface area contributed by atoms with E-state index in [1.54, 1.807) is 6.92 Å². The van der Waals surface area contributed by atoms with Crippen molar-refractivity contribution in [3.63, 3.8) is 0 Å². The summed E-state index contributed by atoms with van der Waals surface area (Å²) < 4.78 is 11.2. The van der Waals surface area contributed by atoms with E-state index in [4.69, 9.17) is 4.74 Å². The first-order valence-corrected chi connectivity index (χ1v) is 6.08. The normalized spacial score (nSPS) is 13.9. The molecule has 1 heterocycles. The minimum Gasteiger partial charge on any atom is -0.466 e. The zero-order chi connectivity index (χ0) is 14.4. The van der Waals surface area contributed by atoms with Crippen LogP contribution < -0.4 is 0 Å². The van der Waals surface area contributed by atoms with E-state index >= 15 is 0 Å². The maximum Gasteiger partial charge on any atom is 0.347 e. The Morgan fingerprint density at radius 3 is 2.42 bits per heavy atom. The summed E-state index contributed by atoms with van der Waals surface area (Å²) in [5.74, 6) is -0.882. The molecule has 1 aromatic rings. The van der Waals surface area contributed by atoms with E-state index in [9.17, 15) is 9.59 Å². The Hall–Kier alpha value is -1.92. The summed E-state index contributed by atoms with van der Waals surface area (Å²) in [4.78, 5) is 27.2. The highest BCUT2D eigenvalue weighted by Gasteiger charge is 2.28. The van der Waals surface area contributed by atoms with E-state index in [1.165, 1.54) is 24.4 Å². The number of nitrogens with zero attached hydrogens (tertiary/aromatic N) is 3. The topological polar surface area (TPSA) is 83.3 Å². The molecule has 19 heavy (non-hydrogen) atoms. The molecule has 0 aliphatic carbocycles. The smallest absolute Gasteiger partial charge is 0.347 e. The Balaban J connectivity index is 2.67. The van der Waals surface area contributed by atoms with E-state index in [0.717, 1.165) is 0 Å². The van der Waals surface area contributed by atoms with Gasteiger partial charge in [-0.05, 0) is 19.3 Å². The highest BCUT2D eigenvalue weighted by Crippen LogP contribution is 2.14. The molecule has 0 aromatic carbocycles. The van der Waals surface area contributed by atoms with Crippen LogP contribution in [0.1, 0.15) is 33.2 Å². The fourth-order valence-corrected chi connectivity index (χ4v) is 1.52. The molecule has 1 rings (SSSR count). The summed E-state index contributed by atoms with van der Waals surface area (Å²) in [7, 11) is 1.27. The van der Waals surface area contributed by atoms with Crippen LogP contribution in [0.15, 0.2) is 12.7 Å². The molecule has 0 saturated heterocycles. The summed E-state index contributed by atoms with van der Waals surface area (Å²) in [6, 6.07) is -0.637. The van der Waals surface area contributed by atoms with Gasteiger partial charge in [0.2, 0.25) is 0 Å². The molecule has 0 aliphatic rings. The molecule has 7 heteroatoms. The first-order valence-electron chi connectivity index (χ1n) is 6.08. The zero-order valence-corrected chi connectivity index (χ0v) is 11.6. The lowest BCUT2D eigenvalue weighted by molar-refractivity contribution is -0.169. The van der Waals surface area contributed by atoms with Crippen LogP contribution in [-0.2, 0) is 19.1 Å². The van der Waals surface area contributed by atoms with E-state index in [0.29, 0.717) is 6.42 Å². The maximum absolute atomic E-state index is 11.9. The molecule has 0 unspecified atom stereocenters. The molecule has 2 atom stereocenters. The molecule has 0 saturated carbocycles. The average Bonchev–Trinajstić information content (AvgIpc) is 2.89. The number of esters is 2. The van der Waals surface area contributed by atoms with Crippen LogP contribution in [0.25, 0.3) is 0 Å². The van der Waals surface area contributed by atoms with E-state index < -0.39 is 24.1 Å². The van der Waals surface area contributed by atoms with Crippen LogP contribution >= 0.6 is 0 Å². The second kappa shape index (κ2) is 6.86. The van der Waals surface area contributed by atoms with Gasteiger partial charge in [-0.25, -0.2) is 19.3 Å². The Bertz CT molecular complexity index is 417. The van der Waals surface area contributed by atoms with Gasteiger partial charge in [0.15, 0.2) is 6.10 Å². The van der Waals surface area contributed by atoms with Crippen molar-refractivity contribution in [3.8, 4) is 0 Å². The summed E-state index contributed by atoms with van der Waals surface area (Å²) in [6.45, 7) is 5.50. The molecular weight excluding hydrogens is 250 g/mol. The fraction of sp³-hybridized carbons (Fsp3) is 0.667. The summed E-state index contributed by atoms with van der Waals surface area (Å²) in [6.07, 6.45) is 2.28.